The Morgan fingerprint density at radius 3 is 2.43 bits per heavy atom. The highest BCUT2D eigenvalue weighted by Crippen LogP contribution is 2.32. The molecular formula is C18H34N2O. The normalized spacial score (nSPS) is 32.4. The number of nitrogens with zero attached hydrogens (tertiary/aromatic N) is 1. The summed E-state index contributed by atoms with van der Waals surface area (Å²) >= 11 is 0. The second kappa shape index (κ2) is 7.94. The largest absolute Gasteiger partial charge is 0.396 e. The molecule has 2 unspecified atom stereocenters. The van der Waals surface area contributed by atoms with Crippen molar-refractivity contribution in [3.05, 3.63) is 0 Å². The van der Waals surface area contributed by atoms with Crippen molar-refractivity contribution in [2.75, 3.05) is 26.2 Å². The Hall–Kier alpha value is -0.120. The molecule has 0 aromatic carbocycles. The van der Waals surface area contributed by atoms with Crippen LogP contribution < -0.4 is 5.32 Å². The van der Waals surface area contributed by atoms with E-state index in [-0.39, 0.29) is 0 Å². The summed E-state index contributed by atoms with van der Waals surface area (Å²) in [6.45, 7) is 4.24. The zero-order valence-electron chi connectivity index (χ0n) is 13.6. The first-order valence-electron chi connectivity index (χ1n) is 9.42. The van der Waals surface area contributed by atoms with Gasteiger partial charge in [0, 0.05) is 38.3 Å². The van der Waals surface area contributed by atoms with E-state index in [1.165, 1.54) is 77.4 Å². The maximum atomic E-state index is 9.12. The third-order valence-corrected chi connectivity index (χ3v) is 5.67. The standard InChI is InChI=1S/C18H34N2O/c21-10-4-5-16-11-18(19-17-6-2-1-3-7-17)14-20(13-16)12-15-8-9-15/h15-19,21H,1-14H2. The van der Waals surface area contributed by atoms with Gasteiger partial charge in [-0.05, 0) is 56.8 Å². The van der Waals surface area contributed by atoms with E-state index in [1.807, 2.05) is 0 Å². The molecule has 2 saturated carbocycles. The van der Waals surface area contributed by atoms with Gasteiger partial charge in [0.15, 0.2) is 0 Å². The zero-order chi connectivity index (χ0) is 14.5. The lowest BCUT2D eigenvalue weighted by Crippen LogP contribution is -2.52. The van der Waals surface area contributed by atoms with Crippen molar-refractivity contribution in [1.29, 1.82) is 0 Å². The fourth-order valence-corrected chi connectivity index (χ4v) is 4.43. The van der Waals surface area contributed by atoms with Crippen LogP contribution in [-0.4, -0.2) is 48.3 Å². The number of aliphatic hydroxyl groups excluding tert-OH is 1. The summed E-state index contributed by atoms with van der Waals surface area (Å²) in [6.07, 6.45) is 13.5. The minimum atomic E-state index is 0.361. The van der Waals surface area contributed by atoms with E-state index < -0.39 is 0 Å². The zero-order valence-corrected chi connectivity index (χ0v) is 13.6. The van der Waals surface area contributed by atoms with Gasteiger partial charge < -0.3 is 15.3 Å². The lowest BCUT2D eigenvalue weighted by molar-refractivity contribution is 0.116. The maximum absolute atomic E-state index is 9.12. The van der Waals surface area contributed by atoms with Crippen LogP contribution in [-0.2, 0) is 0 Å². The van der Waals surface area contributed by atoms with Gasteiger partial charge in [0.2, 0.25) is 0 Å². The monoisotopic (exact) mass is 294 g/mol. The molecule has 0 aromatic rings. The highest BCUT2D eigenvalue weighted by Gasteiger charge is 2.32. The van der Waals surface area contributed by atoms with Crippen LogP contribution >= 0.6 is 0 Å². The van der Waals surface area contributed by atoms with Gasteiger partial charge in [-0.2, -0.15) is 0 Å². The summed E-state index contributed by atoms with van der Waals surface area (Å²) in [5.41, 5.74) is 0. The van der Waals surface area contributed by atoms with Crippen molar-refractivity contribution < 1.29 is 5.11 Å². The Balaban J connectivity index is 1.49. The van der Waals surface area contributed by atoms with Crippen molar-refractivity contribution in [1.82, 2.24) is 10.2 Å². The van der Waals surface area contributed by atoms with Crippen LogP contribution in [0.25, 0.3) is 0 Å². The smallest absolute Gasteiger partial charge is 0.0431 e. The first-order chi connectivity index (χ1) is 10.3. The Labute approximate surface area is 130 Å². The van der Waals surface area contributed by atoms with Crippen LogP contribution in [0.2, 0.25) is 0 Å². The summed E-state index contributed by atoms with van der Waals surface area (Å²) in [4.78, 5) is 2.73. The Morgan fingerprint density at radius 2 is 1.71 bits per heavy atom. The van der Waals surface area contributed by atoms with Crippen LogP contribution in [0.1, 0.15) is 64.2 Å². The van der Waals surface area contributed by atoms with Crippen LogP contribution in [0.5, 0.6) is 0 Å². The van der Waals surface area contributed by atoms with Gasteiger partial charge in [-0.15, -0.1) is 0 Å². The SMILES string of the molecule is OCCCC1CC(NC2CCCCC2)CN(CC2CC2)C1. The van der Waals surface area contributed by atoms with Crippen molar-refractivity contribution in [3.63, 3.8) is 0 Å². The number of piperidine rings is 1. The number of nitrogens with one attached hydrogen (secondary N) is 1. The molecule has 3 rings (SSSR count). The van der Waals surface area contributed by atoms with Gasteiger partial charge in [0.25, 0.3) is 0 Å². The van der Waals surface area contributed by atoms with Gasteiger partial charge in [-0.25, -0.2) is 0 Å². The molecule has 2 N–H and O–H groups in total. The van der Waals surface area contributed by atoms with Crippen molar-refractivity contribution in [2.24, 2.45) is 11.8 Å². The highest BCUT2D eigenvalue weighted by atomic mass is 16.2. The number of hydrogen-bond acceptors (Lipinski definition) is 3. The summed E-state index contributed by atoms with van der Waals surface area (Å²) in [6, 6.07) is 1.48. The summed E-state index contributed by atoms with van der Waals surface area (Å²) in [5, 5.41) is 13.1. The van der Waals surface area contributed by atoms with Crippen LogP contribution in [0.15, 0.2) is 0 Å². The molecule has 0 spiro atoms. The average Bonchev–Trinajstić information content (AvgIpc) is 3.30. The molecule has 3 nitrogen and oxygen atoms in total. The first-order valence-corrected chi connectivity index (χ1v) is 9.42. The fraction of sp³-hybridized carbons (Fsp3) is 1.00. The Kier molecular flexibility index (Phi) is 5.96. The Morgan fingerprint density at radius 1 is 0.905 bits per heavy atom. The van der Waals surface area contributed by atoms with E-state index in [0.29, 0.717) is 12.6 Å². The predicted molar refractivity (Wildman–Crippen MR) is 87.4 cm³/mol. The molecule has 3 heteroatoms. The molecule has 3 aliphatic rings. The molecule has 0 bridgehead atoms. The average molecular weight is 294 g/mol. The molecule has 2 aliphatic carbocycles. The summed E-state index contributed by atoms with van der Waals surface area (Å²) in [5.74, 6) is 1.79. The van der Waals surface area contributed by atoms with Crippen LogP contribution in [0.3, 0.4) is 0 Å². The van der Waals surface area contributed by atoms with E-state index in [9.17, 15) is 0 Å². The fourth-order valence-electron chi connectivity index (χ4n) is 4.43. The molecule has 1 saturated heterocycles. The molecule has 122 valence electrons. The number of hydrogen-bond donors (Lipinski definition) is 2. The van der Waals surface area contributed by atoms with E-state index >= 15 is 0 Å². The molecular weight excluding hydrogens is 260 g/mol. The third-order valence-electron chi connectivity index (χ3n) is 5.67. The minimum absolute atomic E-state index is 0.361. The van der Waals surface area contributed by atoms with Gasteiger partial charge in [0.1, 0.15) is 0 Å². The first kappa shape index (κ1) is 15.8. The number of rotatable bonds is 7. The number of likely N-dealkylation sites (tertiary alicyclic amines) is 1. The molecule has 3 fully saturated rings. The lowest BCUT2D eigenvalue weighted by atomic mass is 9.88. The van der Waals surface area contributed by atoms with Crippen LogP contribution in [0.4, 0.5) is 0 Å². The molecule has 2 atom stereocenters. The van der Waals surface area contributed by atoms with Crippen molar-refractivity contribution in [3.8, 4) is 0 Å². The van der Waals surface area contributed by atoms with Crippen LogP contribution in [0, 0.1) is 11.8 Å². The second-order valence-corrected chi connectivity index (χ2v) is 7.83. The lowest BCUT2D eigenvalue weighted by Gasteiger charge is -2.40. The summed E-state index contributed by atoms with van der Waals surface area (Å²) in [7, 11) is 0. The number of aliphatic hydroxyl groups is 1. The molecule has 0 aromatic heterocycles. The van der Waals surface area contributed by atoms with E-state index in [2.05, 4.69) is 10.2 Å². The minimum Gasteiger partial charge on any atom is -0.396 e. The topological polar surface area (TPSA) is 35.5 Å². The molecule has 21 heavy (non-hydrogen) atoms. The van der Waals surface area contributed by atoms with E-state index in [4.69, 9.17) is 5.11 Å². The molecule has 0 radical (unpaired) electrons. The molecule has 1 heterocycles. The quantitative estimate of drug-likeness (QED) is 0.758. The van der Waals surface area contributed by atoms with Gasteiger partial charge in [0.05, 0.1) is 0 Å². The van der Waals surface area contributed by atoms with Gasteiger partial charge in [-0.3, -0.25) is 0 Å². The molecule has 0 amide bonds. The van der Waals surface area contributed by atoms with E-state index in [1.54, 1.807) is 0 Å². The van der Waals surface area contributed by atoms with Gasteiger partial charge in [-0.1, -0.05) is 19.3 Å². The van der Waals surface area contributed by atoms with Crippen molar-refractivity contribution >= 4 is 0 Å². The maximum Gasteiger partial charge on any atom is 0.0431 e. The van der Waals surface area contributed by atoms with E-state index in [0.717, 1.165) is 24.3 Å². The molecule has 1 aliphatic heterocycles. The Bertz CT molecular complexity index is 300. The summed E-state index contributed by atoms with van der Waals surface area (Å²) < 4.78 is 0. The highest BCUT2D eigenvalue weighted by molar-refractivity contribution is 4.89. The predicted octanol–water partition coefficient (Wildman–Crippen LogP) is 2.78. The van der Waals surface area contributed by atoms with Crippen molar-refractivity contribution in [2.45, 2.75) is 76.3 Å². The third kappa shape index (κ3) is 5.22. The second-order valence-electron chi connectivity index (χ2n) is 7.83. The van der Waals surface area contributed by atoms with Gasteiger partial charge >= 0.3 is 0 Å².